The second kappa shape index (κ2) is 17.1. The Labute approximate surface area is 271 Å². The van der Waals surface area contributed by atoms with Crippen molar-refractivity contribution in [2.45, 2.75) is 63.6 Å². The van der Waals surface area contributed by atoms with Gasteiger partial charge in [0.2, 0.25) is 0 Å². The largest absolute Gasteiger partial charge is 0.490 e. The standard InChI is InChI=1S/C22H28N6.3C2HF3O2/c1-17-6-4-8-19(23-17)15-26-11-5-7-18(14-26)22-24-21-10-9-20(16-28(21)25-22)27-12-2-3-13-27;3*3-2(4,5)1(6)7/h4,6,8-10,16,18H,2-3,5,7,11-15H2,1H3;3*(H,6,7). The molecule has 0 saturated carbocycles. The fourth-order valence-electron chi connectivity index (χ4n) is 4.55. The summed E-state index contributed by atoms with van der Waals surface area (Å²) in [6.45, 7) is 7.39. The van der Waals surface area contributed by atoms with E-state index in [1.165, 1.54) is 24.9 Å². The third kappa shape index (κ3) is 13.8. The van der Waals surface area contributed by atoms with Gasteiger partial charge in [-0.25, -0.2) is 23.9 Å². The summed E-state index contributed by atoms with van der Waals surface area (Å²) in [7, 11) is 0. The number of rotatable bonds is 4. The second-order valence-electron chi connectivity index (χ2n) is 10.6. The first-order valence-corrected chi connectivity index (χ1v) is 14.2. The number of pyridine rings is 2. The zero-order valence-electron chi connectivity index (χ0n) is 25.6. The highest BCUT2D eigenvalue weighted by Gasteiger charge is 2.39. The van der Waals surface area contributed by atoms with Crippen molar-refractivity contribution in [2.24, 2.45) is 0 Å². The molecule has 0 spiro atoms. The van der Waals surface area contributed by atoms with Gasteiger partial charge in [-0.1, -0.05) is 6.07 Å². The number of halogens is 9. The summed E-state index contributed by atoms with van der Waals surface area (Å²) in [4.78, 5) is 41.1. The molecule has 3 N–H and O–H groups in total. The predicted octanol–water partition coefficient (Wildman–Crippen LogP) is 5.31. The first-order valence-electron chi connectivity index (χ1n) is 14.2. The second-order valence-corrected chi connectivity index (χ2v) is 10.6. The number of aliphatic carboxylic acids is 3. The molecule has 12 nitrogen and oxygen atoms in total. The number of fused-ring (bicyclic) bond motifs is 1. The van der Waals surface area contributed by atoms with Crippen molar-refractivity contribution in [2.75, 3.05) is 31.1 Å². The molecule has 0 radical (unpaired) electrons. The predicted molar refractivity (Wildman–Crippen MR) is 152 cm³/mol. The Bertz CT molecular complexity index is 1500. The number of aryl methyl sites for hydroxylation is 1. The quantitative estimate of drug-likeness (QED) is 0.300. The molecule has 5 heterocycles. The summed E-state index contributed by atoms with van der Waals surface area (Å²) < 4.78 is 97.2. The Morgan fingerprint density at radius 2 is 1.31 bits per heavy atom. The summed E-state index contributed by atoms with van der Waals surface area (Å²) in [5.41, 5.74) is 4.45. The van der Waals surface area contributed by atoms with Gasteiger partial charge in [-0.3, -0.25) is 9.88 Å². The van der Waals surface area contributed by atoms with Gasteiger partial charge in [0.15, 0.2) is 11.5 Å². The Morgan fingerprint density at radius 1 is 0.776 bits per heavy atom. The van der Waals surface area contributed by atoms with Gasteiger partial charge in [0.05, 0.1) is 17.6 Å². The number of carbonyl (C=O) groups is 3. The molecule has 0 bridgehead atoms. The van der Waals surface area contributed by atoms with E-state index in [0.29, 0.717) is 5.92 Å². The molecule has 0 aliphatic carbocycles. The first kappa shape index (κ1) is 40.5. The molecule has 49 heavy (non-hydrogen) atoms. The van der Waals surface area contributed by atoms with Crippen LogP contribution in [0.15, 0.2) is 36.5 Å². The number of carboxylic acid groups (broad SMARTS) is 3. The van der Waals surface area contributed by atoms with Gasteiger partial charge in [-0.05, 0) is 63.4 Å². The van der Waals surface area contributed by atoms with E-state index >= 15 is 0 Å². The number of hydrogen-bond acceptors (Lipinski definition) is 8. The topological polar surface area (TPSA) is 161 Å². The fourth-order valence-corrected chi connectivity index (χ4v) is 4.55. The first-order chi connectivity index (χ1) is 22.6. The summed E-state index contributed by atoms with van der Waals surface area (Å²) in [6.07, 6.45) is -8.18. The lowest BCUT2D eigenvalue weighted by Crippen LogP contribution is -2.34. The van der Waals surface area contributed by atoms with Crippen LogP contribution >= 0.6 is 0 Å². The van der Waals surface area contributed by atoms with E-state index in [0.717, 1.165) is 62.0 Å². The normalized spacial score (nSPS) is 16.8. The maximum absolute atomic E-state index is 10.6. The van der Waals surface area contributed by atoms with E-state index in [1.54, 1.807) is 0 Å². The number of alkyl halides is 9. The molecular weight excluding hydrogens is 687 g/mol. The van der Waals surface area contributed by atoms with E-state index < -0.39 is 36.4 Å². The molecule has 2 aliphatic heterocycles. The highest BCUT2D eigenvalue weighted by molar-refractivity contribution is 5.73. The number of hydrogen-bond donors (Lipinski definition) is 3. The molecule has 21 heteroatoms. The average molecular weight is 719 g/mol. The molecule has 0 amide bonds. The van der Waals surface area contributed by atoms with Crippen molar-refractivity contribution in [1.29, 1.82) is 0 Å². The van der Waals surface area contributed by atoms with Crippen LogP contribution in [-0.2, 0) is 20.9 Å². The minimum Gasteiger partial charge on any atom is -0.475 e. The number of carboxylic acids is 3. The number of likely N-dealkylation sites (tertiary alicyclic amines) is 1. The maximum atomic E-state index is 10.6. The summed E-state index contributed by atoms with van der Waals surface area (Å²) in [6, 6.07) is 10.6. The molecular formula is C28H31F9N6O6. The molecule has 3 aromatic heterocycles. The lowest BCUT2D eigenvalue weighted by molar-refractivity contribution is -0.193. The Morgan fingerprint density at radius 3 is 1.80 bits per heavy atom. The Kier molecular flexibility index (Phi) is 14.1. The van der Waals surface area contributed by atoms with Crippen molar-refractivity contribution >= 4 is 29.2 Å². The van der Waals surface area contributed by atoms with Gasteiger partial charge in [-0.2, -0.15) is 44.6 Å². The molecule has 272 valence electrons. The molecule has 1 unspecified atom stereocenters. The van der Waals surface area contributed by atoms with E-state index in [2.05, 4.69) is 58.2 Å². The van der Waals surface area contributed by atoms with Crippen molar-refractivity contribution in [1.82, 2.24) is 24.5 Å². The van der Waals surface area contributed by atoms with Crippen LogP contribution in [0, 0.1) is 6.92 Å². The Balaban J connectivity index is 0.000000325. The molecule has 2 fully saturated rings. The third-order valence-electron chi connectivity index (χ3n) is 6.73. The number of aromatic nitrogens is 4. The molecule has 3 aromatic rings. The minimum absolute atomic E-state index is 0.397. The van der Waals surface area contributed by atoms with Gasteiger partial charge in [0, 0.05) is 37.8 Å². The van der Waals surface area contributed by atoms with Crippen LogP contribution < -0.4 is 4.90 Å². The number of piperidine rings is 1. The SMILES string of the molecule is Cc1cccc(CN2CCCC(c3nc4ccc(N5CCCC5)cn4n3)C2)n1.O=C(O)C(F)(F)F.O=C(O)C(F)(F)F.O=C(O)C(F)(F)F. The highest BCUT2D eigenvalue weighted by atomic mass is 19.4. The summed E-state index contributed by atoms with van der Waals surface area (Å²) >= 11 is 0. The van der Waals surface area contributed by atoms with Crippen LogP contribution in [-0.4, -0.2) is 102 Å². The number of anilines is 1. The summed E-state index contributed by atoms with van der Waals surface area (Å²) in [5, 5.41) is 26.2. The van der Waals surface area contributed by atoms with Gasteiger partial charge >= 0.3 is 36.4 Å². The zero-order chi connectivity index (χ0) is 37.2. The van der Waals surface area contributed by atoms with Gasteiger partial charge in [0.25, 0.3) is 0 Å². The molecule has 5 rings (SSSR count). The Hall–Kier alpha value is -4.69. The van der Waals surface area contributed by atoms with Crippen LogP contribution in [0.1, 0.15) is 48.8 Å². The molecule has 0 aromatic carbocycles. The lowest BCUT2D eigenvalue weighted by Gasteiger charge is -2.31. The van der Waals surface area contributed by atoms with Crippen LogP contribution in [0.3, 0.4) is 0 Å². The van der Waals surface area contributed by atoms with Crippen LogP contribution in [0.5, 0.6) is 0 Å². The monoisotopic (exact) mass is 718 g/mol. The smallest absolute Gasteiger partial charge is 0.475 e. The van der Waals surface area contributed by atoms with Crippen molar-refractivity contribution < 1.29 is 69.2 Å². The third-order valence-corrected chi connectivity index (χ3v) is 6.73. The maximum Gasteiger partial charge on any atom is 0.490 e. The molecule has 1 atom stereocenters. The van der Waals surface area contributed by atoms with E-state index in [1.807, 2.05) is 4.52 Å². The molecule has 2 aliphatic rings. The number of nitrogens with zero attached hydrogens (tertiary/aromatic N) is 6. The lowest BCUT2D eigenvalue weighted by atomic mass is 9.97. The van der Waals surface area contributed by atoms with E-state index in [-0.39, 0.29) is 0 Å². The fraction of sp³-hybridized carbons (Fsp3) is 0.500. The van der Waals surface area contributed by atoms with Gasteiger partial charge in [0.1, 0.15) is 0 Å². The minimum atomic E-state index is -5.08. The van der Waals surface area contributed by atoms with Crippen LogP contribution in [0.2, 0.25) is 0 Å². The highest BCUT2D eigenvalue weighted by Crippen LogP contribution is 2.27. The van der Waals surface area contributed by atoms with Gasteiger partial charge in [-0.15, -0.1) is 0 Å². The van der Waals surface area contributed by atoms with Crippen molar-refractivity contribution in [3.8, 4) is 0 Å². The zero-order valence-corrected chi connectivity index (χ0v) is 25.6. The van der Waals surface area contributed by atoms with Crippen LogP contribution in [0.4, 0.5) is 45.2 Å². The summed E-state index contributed by atoms with van der Waals surface area (Å²) in [5.74, 6) is -6.89. The van der Waals surface area contributed by atoms with Gasteiger partial charge < -0.3 is 20.2 Å². The van der Waals surface area contributed by atoms with Crippen molar-refractivity contribution in [3.05, 3.63) is 53.7 Å². The molecule has 2 saturated heterocycles. The van der Waals surface area contributed by atoms with Crippen molar-refractivity contribution in [3.63, 3.8) is 0 Å². The van der Waals surface area contributed by atoms with E-state index in [4.69, 9.17) is 39.8 Å². The van der Waals surface area contributed by atoms with Crippen LogP contribution in [0.25, 0.3) is 5.65 Å². The average Bonchev–Trinajstić information content (AvgIpc) is 3.67. The van der Waals surface area contributed by atoms with E-state index in [9.17, 15) is 39.5 Å².